The van der Waals surface area contributed by atoms with Crippen LogP contribution in [-0.2, 0) is 11.2 Å². The van der Waals surface area contributed by atoms with Crippen molar-refractivity contribution in [3.8, 4) is 5.75 Å². The SMILES string of the molecule is CO/C=C\CCc1ccc(OC)cc1. The van der Waals surface area contributed by atoms with Crippen LogP contribution in [0.15, 0.2) is 36.6 Å². The number of methoxy groups -OCH3 is 2. The highest BCUT2D eigenvalue weighted by atomic mass is 16.5. The number of benzene rings is 1. The molecule has 1 aromatic rings. The first-order chi connectivity index (χ1) is 6.86. The number of rotatable bonds is 5. The second-order valence-corrected chi connectivity index (χ2v) is 2.99. The zero-order chi connectivity index (χ0) is 10.2. The lowest BCUT2D eigenvalue weighted by Crippen LogP contribution is -1.85. The van der Waals surface area contributed by atoms with E-state index in [1.165, 1.54) is 5.56 Å². The second-order valence-electron chi connectivity index (χ2n) is 2.99. The summed E-state index contributed by atoms with van der Waals surface area (Å²) in [5, 5.41) is 0. The molecule has 0 N–H and O–H groups in total. The Kier molecular flexibility index (Phi) is 4.62. The van der Waals surface area contributed by atoms with E-state index >= 15 is 0 Å². The van der Waals surface area contributed by atoms with E-state index in [0.29, 0.717) is 0 Å². The average molecular weight is 192 g/mol. The van der Waals surface area contributed by atoms with Crippen LogP contribution in [0, 0.1) is 0 Å². The topological polar surface area (TPSA) is 18.5 Å². The molecule has 2 nitrogen and oxygen atoms in total. The predicted molar refractivity (Wildman–Crippen MR) is 57.5 cm³/mol. The summed E-state index contributed by atoms with van der Waals surface area (Å²) in [5.41, 5.74) is 1.31. The molecule has 0 aliphatic heterocycles. The van der Waals surface area contributed by atoms with E-state index in [1.807, 2.05) is 18.2 Å². The van der Waals surface area contributed by atoms with Crippen LogP contribution in [0.3, 0.4) is 0 Å². The van der Waals surface area contributed by atoms with Crippen molar-refractivity contribution in [1.29, 1.82) is 0 Å². The molecule has 0 spiro atoms. The smallest absolute Gasteiger partial charge is 0.118 e. The maximum Gasteiger partial charge on any atom is 0.118 e. The summed E-state index contributed by atoms with van der Waals surface area (Å²) in [6.07, 6.45) is 5.76. The highest BCUT2D eigenvalue weighted by molar-refractivity contribution is 5.27. The van der Waals surface area contributed by atoms with Crippen molar-refractivity contribution in [2.24, 2.45) is 0 Å². The van der Waals surface area contributed by atoms with Crippen LogP contribution in [-0.4, -0.2) is 14.2 Å². The molecule has 0 aromatic heterocycles. The number of hydrogen-bond acceptors (Lipinski definition) is 2. The largest absolute Gasteiger partial charge is 0.505 e. The third kappa shape index (κ3) is 3.52. The zero-order valence-corrected chi connectivity index (χ0v) is 8.69. The molecule has 0 aliphatic carbocycles. The fourth-order valence-corrected chi connectivity index (χ4v) is 1.21. The van der Waals surface area contributed by atoms with Crippen LogP contribution in [0.25, 0.3) is 0 Å². The third-order valence-corrected chi connectivity index (χ3v) is 1.99. The molecule has 2 heteroatoms. The normalized spacial score (nSPS) is 10.4. The molecule has 76 valence electrons. The average Bonchev–Trinajstić information content (AvgIpc) is 2.25. The third-order valence-electron chi connectivity index (χ3n) is 1.99. The molecule has 0 saturated heterocycles. The van der Waals surface area contributed by atoms with E-state index < -0.39 is 0 Å². The molecule has 1 rings (SSSR count). The van der Waals surface area contributed by atoms with Crippen molar-refractivity contribution >= 4 is 0 Å². The van der Waals surface area contributed by atoms with Gasteiger partial charge in [0.25, 0.3) is 0 Å². The van der Waals surface area contributed by atoms with Crippen LogP contribution in [0.2, 0.25) is 0 Å². The number of aryl methyl sites for hydroxylation is 1. The first-order valence-electron chi connectivity index (χ1n) is 4.67. The summed E-state index contributed by atoms with van der Waals surface area (Å²) in [4.78, 5) is 0. The Morgan fingerprint density at radius 1 is 1.14 bits per heavy atom. The summed E-state index contributed by atoms with van der Waals surface area (Å²) in [6.45, 7) is 0. The van der Waals surface area contributed by atoms with Gasteiger partial charge in [-0.05, 0) is 36.6 Å². The summed E-state index contributed by atoms with van der Waals surface area (Å²) in [6, 6.07) is 8.13. The van der Waals surface area contributed by atoms with Crippen LogP contribution in [0.5, 0.6) is 5.75 Å². The summed E-state index contributed by atoms with van der Waals surface area (Å²) >= 11 is 0. The van der Waals surface area contributed by atoms with Gasteiger partial charge < -0.3 is 9.47 Å². The van der Waals surface area contributed by atoms with Crippen molar-refractivity contribution in [2.75, 3.05) is 14.2 Å². The van der Waals surface area contributed by atoms with Gasteiger partial charge in [0.15, 0.2) is 0 Å². The minimum absolute atomic E-state index is 0.904. The predicted octanol–water partition coefficient (Wildman–Crippen LogP) is 2.79. The zero-order valence-electron chi connectivity index (χ0n) is 8.69. The quantitative estimate of drug-likeness (QED) is 0.668. The Balaban J connectivity index is 2.40. The first kappa shape index (κ1) is 10.6. The van der Waals surface area contributed by atoms with Gasteiger partial charge >= 0.3 is 0 Å². The molecule has 0 atom stereocenters. The molecule has 0 amide bonds. The first-order valence-corrected chi connectivity index (χ1v) is 4.67. The lowest BCUT2D eigenvalue weighted by molar-refractivity contribution is 0.336. The Morgan fingerprint density at radius 3 is 2.43 bits per heavy atom. The molecule has 0 saturated carbocycles. The van der Waals surface area contributed by atoms with Gasteiger partial charge in [0, 0.05) is 0 Å². The Labute approximate surface area is 85.2 Å². The van der Waals surface area contributed by atoms with Gasteiger partial charge in [0.1, 0.15) is 5.75 Å². The molecule has 14 heavy (non-hydrogen) atoms. The van der Waals surface area contributed by atoms with Gasteiger partial charge in [-0.2, -0.15) is 0 Å². The van der Waals surface area contributed by atoms with Crippen LogP contribution in [0.4, 0.5) is 0 Å². The molecule has 0 radical (unpaired) electrons. The van der Waals surface area contributed by atoms with Gasteiger partial charge in [-0.3, -0.25) is 0 Å². The van der Waals surface area contributed by atoms with Crippen molar-refractivity contribution < 1.29 is 9.47 Å². The van der Waals surface area contributed by atoms with Gasteiger partial charge in [0.05, 0.1) is 20.5 Å². The van der Waals surface area contributed by atoms with Crippen LogP contribution < -0.4 is 4.74 Å². The molecular weight excluding hydrogens is 176 g/mol. The molecule has 1 aromatic carbocycles. The van der Waals surface area contributed by atoms with E-state index in [2.05, 4.69) is 12.1 Å². The van der Waals surface area contributed by atoms with Gasteiger partial charge in [-0.15, -0.1) is 0 Å². The van der Waals surface area contributed by atoms with Crippen LogP contribution in [0.1, 0.15) is 12.0 Å². The van der Waals surface area contributed by atoms with E-state index in [0.717, 1.165) is 18.6 Å². The maximum atomic E-state index is 5.08. The van der Waals surface area contributed by atoms with E-state index in [4.69, 9.17) is 9.47 Å². The fourth-order valence-electron chi connectivity index (χ4n) is 1.21. The summed E-state index contributed by atoms with van der Waals surface area (Å²) in [5.74, 6) is 0.904. The molecule has 0 bridgehead atoms. The van der Waals surface area contributed by atoms with E-state index in [1.54, 1.807) is 20.5 Å². The minimum Gasteiger partial charge on any atom is -0.505 e. The maximum absolute atomic E-state index is 5.08. The molecule has 0 heterocycles. The fraction of sp³-hybridized carbons (Fsp3) is 0.333. The molecule has 0 unspecified atom stereocenters. The monoisotopic (exact) mass is 192 g/mol. The van der Waals surface area contributed by atoms with Gasteiger partial charge in [-0.25, -0.2) is 0 Å². The Morgan fingerprint density at radius 2 is 1.86 bits per heavy atom. The van der Waals surface area contributed by atoms with Crippen molar-refractivity contribution in [2.45, 2.75) is 12.8 Å². The van der Waals surface area contributed by atoms with Gasteiger partial charge in [0.2, 0.25) is 0 Å². The van der Waals surface area contributed by atoms with Crippen molar-refractivity contribution in [1.82, 2.24) is 0 Å². The van der Waals surface area contributed by atoms with Crippen molar-refractivity contribution in [3.63, 3.8) is 0 Å². The standard InChI is InChI=1S/C12H16O2/c1-13-10-4-3-5-11-6-8-12(14-2)9-7-11/h4,6-10H,3,5H2,1-2H3/b10-4-. The molecule has 0 aliphatic rings. The number of allylic oxidation sites excluding steroid dienone is 1. The van der Waals surface area contributed by atoms with Crippen LogP contribution >= 0.6 is 0 Å². The minimum atomic E-state index is 0.904. The lowest BCUT2D eigenvalue weighted by atomic mass is 10.1. The van der Waals surface area contributed by atoms with E-state index in [-0.39, 0.29) is 0 Å². The second kappa shape index (κ2) is 6.08. The Hall–Kier alpha value is -1.44. The summed E-state index contributed by atoms with van der Waals surface area (Å²) < 4.78 is 9.89. The summed E-state index contributed by atoms with van der Waals surface area (Å²) in [7, 11) is 3.33. The molecular formula is C12H16O2. The highest BCUT2D eigenvalue weighted by Gasteiger charge is 1.92. The number of ether oxygens (including phenoxy) is 2. The number of hydrogen-bond donors (Lipinski definition) is 0. The lowest BCUT2D eigenvalue weighted by Gasteiger charge is -2.01. The Bertz CT molecular complexity index is 275. The highest BCUT2D eigenvalue weighted by Crippen LogP contribution is 2.12. The van der Waals surface area contributed by atoms with E-state index in [9.17, 15) is 0 Å². The van der Waals surface area contributed by atoms with Gasteiger partial charge in [-0.1, -0.05) is 12.1 Å². The molecule has 0 fully saturated rings. The van der Waals surface area contributed by atoms with Crippen molar-refractivity contribution in [3.05, 3.63) is 42.2 Å².